The number of halogens is 2. The zero-order valence-electron chi connectivity index (χ0n) is 12.1. The SMILES string of the molecule is O=c1oc(-c2ccccc2F)nc2scc(-c3ccc(Cl)cc3)c12. The Balaban J connectivity index is 1.92. The maximum atomic E-state index is 13.9. The maximum absolute atomic E-state index is 13.9. The van der Waals surface area contributed by atoms with Crippen molar-refractivity contribution >= 4 is 33.2 Å². The second-order valence-corrected chi connectivity index (χ2v) is 6.42. The summed E-state index contributed by atoms with van der Waals surface area (Å²) in [7, 11) is 0. The topological polar surface area (TPSA) is 43.1 Å². The minimum absolute atomic E-state index is 0.0184. The minimum Gasteiger partial charge on any atom is -0.403 e. The molecule has 0 saturated carbocycles. The smallest absolute Gasteiger partial charge is 0.348 e. The van der Waals surface area contributed by atoms with E-state index in [9.17, 15) is 9.18 Å². The van der Waals surface area contributed by atoms with E-state index >= 15 is 0 Å². The summed E-state index contributed by atoms with van der Waals surface area (Å²) in [5.74, 6) is -0.503. The highest BCUT2D eigenvalue weighted by Gasteiger charge is 2.17. The summed E-state index contributed by atoms with van der Waals surface area (Å²) in [6.07, 6.45) is 0. The standard InChI is InChI=1S/C18H9ClFNO2S/c19-11-7-5-10(6-8-11)13-9-24-17-15(13)18(22)23-16(21-17)12-3-1-2-4-14(12)20/h1-9H. The largest absolute Gasteiger partial charge is 0.403 e. The van der Waals surface area contributed by atoms with Gasteiger partial charge in [-0.25, -0.2) is 14.2 Å². The highest BCUT2D eigenvalue weighted by Crippen LogP contribution is 2.33. The summed E-state index contributed by atoms with van der Waals surface area (Å²) in [6.45, 7) is 0. The van der Waals surface area contributed by atoms with Crippen LogP contribution >= 0.6 is 22.9 Å². The van der Waals surface area contributed by atoms with Gasteiger partial charge in [0, 0.05) is 16.0 Å². The van der Waals surface area contributed by atoms with Crippen molar-refractivity contribution in [3.05, 3.63) is 75.2 Å². The molecule has 0 aliphatic rings. The lowest BCUT2D eigenvalue weighted by molar-refractivity contribution is 0.512. The molecule has 4 aromatic rings. The van der Waals surface area contributed by atoms with Crippen LogP contribution in [0.3, 0.4) is 0 Å². The molecule has 0 atom stereocenters. The molecule has 0 aliphatic heterocycles. The highest BCUT2D eigenvalue weighted by molar-refractivity contribution is 7.17. The van der Waals surface area contributed by atoms with Gasteiger partial charge in [-0.1, -0.05) is 35.9 Å². The van der Waals surface area contributed by atoms with Crippen LogP contribution in [0.5, 0.6) is 0 Å². The molecule has 4 rings (SSSR count). The second-order valence-electron chi connectivity index (χ2n) is 5.12. The van der Waals surface area contributed by atoms with Crippen molar-refractivity contribution in [2.45, 2.75) is 0 Å². The van der Waals surface area contributed by atoms with E-state index in [1.54, 1.807) is 24.3 Å². The Bertz CT molecular complexity index is 1100. The van der Waals surface area contributed by atoms with Crippen LogP contribution in [0, 0.1) is 5.82 Å². The van der Waals surface area contributed by atoms with Gasteiger partial charge in [-0.3, -0.25) is 0 Å². The zero-order valence-corrected chi connectivity index (χ0v) is 13.7. The molecule has 2 heterocycles. The number of aromatic nitrogens is 1. The third-order valence-corrected chi connectivity index (χ3v) is 4.75. The van der Waals surface area contributed by atoms with Crippen molar-refractivity contribution in [1.82, 2.24) is 4.98 Å². The lowest BCUT2D eigenvalue weighted by Gasteiger charge is -2.02. The van der Waals surface area contributed by atoms with Crippen LogP contribution in [0.25, 0.3) is 32.8 Å². The van der Waals surface area contributed by atoms with Crippen LogP contribution in [0.15, 0.2) is 63.1 Å². The molecule has 2 aromatic carbocycles. The molecule has 0 fully saturated rings. The fourth-order valence-corrected chi connectivity index (χ4v) is 3.53. The monoisotopic (exact) mass is 357 g/mol. The van der Waals surface area contributed by atoms with Gasteiger partial charge in [0.25, 0.3) is 0 Å². The molecular weight excluding hydrogens is 349 g/mol. The first-order chi connectivity index (χ1) is 11.6. The summed E-state index contributed by atoms with van der Waals surface area (Å²) in [4.78, 5) is 17.3. The van der Waals surface area contributed by atoms with E-state index in [0.717, 1.165) is 11.1 Å². The Hall–Kier alpha value is -2.50. The summed E-state index contributed by atoms with van der Waals surface area (Å²) >= 11 is 7.22. The Morgan fingerprint density at radius 1 is 1.04 bits per heavy atom. The Kier molecular flexibility index (Phi) is 3.67. The highest BCUT2D eigenvalue weighted by atomic mass is 35.5. The minimum atomic E-state index is -0.538. The van der Waals surface area contributed by atoms with E-state index in [-0.39, 0.29) is 11.5 Å². The number of thiophene rings is 1. The van der Waals surface area contributed by atoms with Crippen molar-refractivity contribution in [3.63, 3.8) is 0 Å². The van der Waals surface area contributed by atoms with Crippen LogP contribution in [-0.4, -0.2) is 4.98 Å². The van der Waals surface area contributed by atoms with Gasteiger partial charge in [0.15, 0.2) is 0 Å². The fraction of sp³-hybridized carbons (Fsp3) is 0. The van der Waals surface area contributed by atoms with Crippen LogP contribution in [0.4, 0.5) is 4.39 Å². The summed E-state index contributed by atoms with van der Waals surface area (Å²) < 4.78 is 19.2. The normalized spacial score (nSPS) is 11.1. The van der Waals surface area contributed by atoms with E-state index in [2.05, 4.69) is 4.98 Å². The van der Waals surface area contributed by atoms with Crippen molar-refractivity contribution in [2.24, 2.45) is 0 Å². The van der Waals surface area contributed by atoms with Crippen LogP contribution < -0.4 is 5.63 Å². The van der Waals surface area contributed by atoms with Crippen molar-refractivity contribution < 1.29 is 8.81 Å². The number of fused-ring (bicyclic) bond motifs is 1. The maximum Gasteiger partial charge on any atom is 0.348 e. The van der Waals surface area contributed by atoms with Gasteiger partial charge < -0.3 is 4.42 Å². The molecule has 0 spiro atoms. The third-order valence-electron chi connectivity index (χ3n) is 3.63. The molecule has 2 aromatic heterocycles. The van der Waals surface area contributed by atoms with E-state index in [0.29, 0.717) is 15.2 Å². The number of hydrogen-bond acceptors (Lipinski definition) is 4. The molecule has 0 N–H and O–H groups in total. The van der Waals surface area contributed by atoms with Gasteiger partial charge in [-0.15, -0.1) is 11.3 Å². The third kappa shape index (κ3) is 2.52. The molecule has 3 nitrogen and oxygen atoms in total. The van der Waals surface area contributed by atoms with Gasteiger partial charge >= 0.3 is 5.63 Å². The molecule has 6 heteroatoms. The van der Waals surface area contributed by atoms with Gasteiger partial charge in [-0.2, -0.15) is 0 Å². The van der Waals surface area contributed by atoms with Crippen molar-refractivity contribution in [3.8, 4) is 22.6 Å². The van der Waals surface area contributed by atoms with E-state index in [1.807, 2.05) is 17.5 Å². The molecule has 0 bridgehead atoms. The number of nitrogens with zero attached hydrogens (tertiary/aromatic N) is 1. The van der Waals surface area contributed by atoms with Gasteiger partial charge in [-0.05, 0) is 29.8 Å². The Morgan fingerprint density at radius 2 is 1.79 bits per heavy atom. The molecule has 0 saturated heterocycles. The summed E-state index contributed by atoms with van der Waals surface area (Å²) in [5.41, 5.74) is 1.20. The molecule has 0 aliphatic carbocycles. The van der Waals surface area contributed by atoms with E-state index in [1.165, 1.54) is 23.5 Å². The molecule has 0 radical (unpaired) electrons. The predicted molar refractivity (Wildman–Crippen MR) is 94.0 cm³/mol. The van der Waals surface area contributed by atoms with Gasteiger partial charge in [0.05, 0.1) is 5.56 Å². The summed E-state index contributed by atoms with van der Waals surface area (Å²) in [6, 6.07) is 13.2. The molecular formula is C18H9ClFNO2S. The number of rotatable bonds is 2. The first kappa shape index (κ1) is 15.1. The zero-order chi connectivity index (χ0) is 16.7. The quantitative estimate of drug-likeness (QED) is 0.484. The van der Waals surface area contributed by atoms with Gasteiger partial charge in [0.2, 0.25) is 5.89 Å². The van der Waals surface area contributed by atoms with E-state index < -0.39 is 11.4 Å². The van der Waals surface area contributed by atoms with E-state index in [4.69, 9.17) is 16.0 Å². The molecule has 0 amide bonds. The van der Waals surface area contributed by atoms with Gasteiger partial charge in [0.1, 0.15) is 16.0 Å². The summed E-state index contributed by atoms with van der Waals surface area (Å²) in [5, 5.41) is 2.84. The van der Waals surface area contributed by atoms with Crippen LogP contribution in [0.2, 0.25) is 5.02 Å². The lowest BCUT2D eigenvalue weighted by atomic mass is 10.1. The van der Waals surface area contributed by atoms with Crippen LogP contribution in [-0.2, 0) is 0 Å². The average molecular weight is 358 g/mol. The molecule has 0 unspecified atom stereocenters. The van der Waals surface area contributed by atoms with Crippen molar-refractivity contribution in [2.75, 3.05) is 0 Å². The lowest BCUT2D eigenvalue weighted by Crippen LogP contribution is -2.02. The number of hydrogen-bond donors (Lipinski definition) is 0. The second kappa shape index (κ2) is 5.85. The van der Waals surface area contributed by atoms with Crippen LogP contribution in [0.1, 0.15) is 0 Å². The predicted octanol–water partition coefficient (Wildman–Crippen LogP) is 5.38. The Labute approximate surface area is 145 Å². The first-order valence-electron chi connectivity index (χ1n) is 7.06. The Morgan fingerprint density at radius 3 is 2.54 bits per heavy atom. The number of benzene rings is 2. The fourth-order valence-electron chi connectivity index (χ4n) is 2.47. The molecule has 24 heavy (non-hydrogen) atoms. The van der Waals surface area contributed by atoms with Crippen molar-refractivity contribution in [1.29, 1.82) is 0 Å². The first-order valence-corrected chi connectivity index (χ1v) is 8.32. The average Bonchev–Trinajstić information content (AvgIpc) is 3.00. The molecule has 118 valence electrons.